The first kappa shape index (κ1) is 24.1. The summed E-state index contributed by atoms with van der Waals surface area (Å²) in [4.78, 5) is 24.4. The molecule has 1 saturated carbocycles. The van der Waals surface area contributed by atoms with Crippen molar-refractivity contribution in [1.29, 1.82) is 5.26 Å². The average Bonchev–Trinajstić information content (AvgIpc) is 3.67. The highest BCUT2D eigenvalue weighted by Gasteiger charge is 2.42. The number of allylic oxidation sites excluding steroid dienone is 1. The van der Waals surface area contributed by atoms with Crippen LogP contribution in [0.2, 0.25) is 0 Å². The first-order valence-electron chi connectivity index (χ1n) is 12.5. The largest absolute Gasteiger partial charge is 0.479 e. The molecule has 0 bridgehead atoms. The molecule has 1 saturated heterocycles. The summed E-state index contributed by atoms with van der Waals surface area (Å²) < 4.78 is 33.8. The molecule has 3 heterocycles. The summed E-state index contributed by atoms with van der Waals surface area (Å²) in [5.41, 5.74) is 3.39. The van der Waals surface area contributed by atoms with Crippen LogP contribution in [0.3, 0.4) is 0 Å². The lowest BCUT2D eigenvalue weighted by Gasteiger charge is -2.27. The number of aromatic nitrogens is 1. The minimum absolute atomic E-state index is 0.0336. The molecule has 6 nitrogen and oxygen atoms in total. The number of benzene rings is 1. The predicted molar refractivity (Wildman–Crippen MR) is 130 cm³/mol. The van der Waals surface area contributed by atoms with Crippen LogP contribution in [0.5, 0.6) is 5.88 Å². The number of hydrogen-bond donors (Lipinski definition) is 0. The molecule has 2 aromatic rings. The van der Waals surface area contributed by atoms with E-state index >= 15 is 0 Å². The number of aryl methyl sites for hydroxylation is 1. The third-order valence-corrected chi connectivity index (χ3v) is 7.24. The van der Waals surface area contributed by atoms with Crippen molar-refractivity contribution in [3.8, 4) is 11.9 Å². The Morgan fingerprint density at radius 1 is 1.17 bits per heavy atom. The van der Waals surface area contributed by atoms with Crippen molar-refractivity contribution >= 4 is 11.6 Å². The van der Waals surface area contributed by atoms with E-state index in [0.717, 1.165) is 50.8 Å². The van der Waals surface area contributed by atoms with Gasteiger partial charge >= 0.3 is 0 Å². The van der Waals surface area contributed by atoms with Gasteiger partial charge in [-0.15, -0.1) is 0 Å². The van der Waals surface area contributed by atoms with Crippen molar-refractivity contribution in [1.82, 2.24) is 9.88 Å². The van der Waals surface area contributed by atoms with Gasteiger partial charge in [0, 0.05) is 25.2 Å². The first-order chi connectivity index (χ1) is 17.5. The van der Waals surface area contributed by atoms with E-state index in [-0.39, 0.29) is 29.2 Å². The van der Waals surface area contributed by atoms with Gasteiger partial charge in [0.25, 0.3) is 5.91 Å². The molecular formula is C28H28F2N4O2. The van der Waals surface area contributed by atoms with E-state index < -0.39 is 11.6 Å². The summed E-state index contributed by atoms with van der Waals surface area (Å²) >= 11 is 0. The molecule has 1 aromatic heterocycles. The number of rotatable bonds is 7. The van der Waals surface area contributed by atoms with Crippen LogP contribution in [0.4, 0.5) is 8.78 Å². The Bertz CT molecular complexity index is 1290. The number of nitrogens with zero attached hydrogens (tertiary/aromatic N) is 4. The van der Waals surface area contributed by atoms with Gasteiger partial charge in [-0.3, -0.25) is 4.79 Å². The first-order valence-corrected chi connectivity index (χ1v) is 12.5. The number of piperidine rings is 1. The van der Waals surface area contributed by atoms with Crippen molar-refractivity contribution in [2.45, 2.75) is 44.9 Å². The number of nitriles is 1. The second-order valence-electron chi connectivity index (χ2n) is 9.66. The third-order valence-electron chi connectivity index (χ3n) is 7.24. The molecule has 1 amide bonds. The number of halogens is 2. The molecule has 1 aromatic carbocycles. The molecule has 36 heavy (non-hydrogen) atoms. The molecule has 2 aliphatic heterocycles. The van der Waals surface area contributed by atoms with Crippen LogP contribution in [0.25, 0.3) is 0 Å². The normalized spacial score (nSPS) is 19.8. The van der Waals surface area contributed by atoms with Gasteiger partial charge in [-0.1, -0.05) is 6.07 Å². The zero-order valence-corrected chi connectivity index (χ0v) is 20.3. The zero-order valence-electron chi connectivity index (χ0n) is 20.3. The second kappa shape index (κ2) is 10.2. The summed E-state index contributed by atoms with van der Waals surface area (Å²) in [6, 6.07) is 7.75. The number of amides is 1. The average molecular weight is 491 g/mol. The molecule has 5 rings (SSSR count). The lowest BCUT2D eigenvalue weighted by atomic mass is 9.84. The number of pyridine rings is 1. The minimum Gasteiger partial charge on any atom is -0.479 e. The highest BCUT2D eigenvalue weighted by molar-refractivity contribution is 6.11. The summed E-state index contributed by atoms with van der Waals surface area (Å²) in [6.45, 7) is 1.44. The number of methoxy groups -OCH3 is 1. The standard InChI is InChI=1S/C28H28F2N4O2/c1-36-27-23(30)13-17(16-32-27)5-10-21-24(18-6-7-18)26(28(35)34-11-3-2-4-12-34)33-25(21)19-8-9-20(15-31)22(29)14-19/h8-9,13-14,16,18,21H,2-7,10-12H2,1H3. The number of aliphatic imine (C=N–C) groups is 1. The van der Waals surface area contributed by atoms with E-state index in [0.29, 0.717) is 35.4 Å². The van der Waals surface area contributed by atoms with Crippen LogP contribution >= 0.6 is 0 Å². The Labute approximate surface area is 209 Å². The van der Waals surface area contributed by atoms with Gasteiger partial charge < -0.3 is 9.64 Å². The lowest BCUT2D eigenvalue weighted by Crippen LogP contribution is -2.36. The fraction of sp³-hybridized carbons (Fsp3) is 0.429. The Morgan fingerprint density at radius 2 is 1.94 bits per heavy atom. The molecule has 8 heteroatoms. The molecule has 0 spiro atoms. The molecule has 0 N–H and O–H groups in total. The summed E-state index contributed by atoms with van der Waals surface area (Å²) in [6.07, 6.45) is 7.75. The predicted octanol–water partition coefficient (Wildman–Crippen LogP) is 4.97. The van der Waals surface area contributed by atoms with E-state index in [1.807, 2.05) is 11.0 Å². The van der Waals surface area contributed by atoms with E-state index in [4.69, 9.17) is 15.0 Å². The van der Waals surface area contributed by atoms with Gasteiger partial charge in [0.15, 0.2) is 5.82 Å². The summed E-state index contributed by atoms with van der Waals surface area (Å²) in [7, 11) is 1.37. The monoisotopic (exact) mass is 490 g/mol. The SMILES string of the molecule is COc1ncc(CCC2C(c3ccc(C#N)c(F)c3)=NC(C(=O)N3CCCCC3)=C2C2CC2)cc1F. The van der Waals surface area contributed by atoms with Crippen LogP contribution in [0.1, 0.15) is 55.2 Å². The molecule has 1 aliphatic carbocycles. The highest BCUT2D eigenvalue weighted by Crippen LogP contribution is 2.48. The number of hydrogen-bond acceptors (Lipinski definition) is 5. The zero-order chi connectivity index (χ0) is 25.2. The van der Waals surface area contributed by atoms with E-state index in [2.05, 4.69) is 4.98 Å². The maximum atomic E-state index is 14.6. The second-order valence-corrected chi connectivity index (χ2v) is 9.66. The van der Waals surface area contributed by atoms with Gasteiger partial charge in [-0.2, -0.15) is 5.26 Å². The number of carbonyl (C=O) groups excluding carboxylic acids is 1. The fourth-order valence-electron chi connectivity index (χ4n) is 5.25. The third kappa shape index (κ3) is 4.75. The van der Waals surface area contributed by atoms with Gasteiger partial charge in [0.2, 0.25) is 5.88 Å². The smallest absolute Gasteiger partial charge is 0.272 e. The van der Waals surface area contributed by atoms with E-state index in [9.17, 15) is 13.6 Å². The van der Waals surface area contributed by atoms with Crippen LogP contribution in [0, 0.1) is 34.8 Å². The summed E-state index contributed by atoms with van der Waals surface area (Å²) in [5.74, 6) is -1.16. The maximum absolute atomic E-state index is 14.6. The summed E-state index contributed by atoms with van der Waals surface area (Å²) in [5, 5.41) is 9.15. The quantitative estimate of drug-likeness (QED) is 0.549. The Hall–Kier alpha value is -3.60. The van der Waals surface area contributed by atoms with Gasteiger partial charge in [-0.25, -0.2) is 18.8 Å². The lowest BCUT2D eigenvalue weighted by molar-refractivity contribution is -0.128. The number of carbonyl (C=O) groups is 1. The van der Waals surface area contributed by atoms with Crippen molar-refractivity contribution in [3.63, 3.8) is 0 Å². The molecule has 0 radical (unpaired) electrons. The van der Waals surface area contributed by atoms with Gasteiger partial charge in [0.1, 0.15) is 17.6 Å². The molecule has 2 fully saturated rings. The van der Waals surface area contributed by atoms with Gasteiger partial charge in [-0.05, 0) is 85.8 Å². The maximum Gasteiger partial charge on any atom is 0.272 e. The van der Waals surface area contributed by atoms with Crippen LogP contribution < -0.4 is 4.74 Å². The van der Waals surface area contributed by atoms with Crippen molar-refractivity contribution in [3.05, 3.63) is 70.1 Å². The number of ether oxygens (including phenoxy) is 1. The molecular weight excluding hydrogens is 462 g/mol. The Morgan fingerprint density at radius 3 is 2.58 bits per heavy atom. The van der Waals surface area contributed by atoms with E-state index in [1.165, 1.54) is 25.3 Å². The molecule has 1 atom stereocenters. The Balaban J connectivity index is 1.51. The van der Waals surface area contributed by atoms with Gasteiger partial charge in [0.05, 0.1) is 18.4 Å². The van der Waals surface area contributed by atoms with Crippen molar-refractivity contribution < 1.29 is 18.3 Å². The van der Waals surface area contributed by atoms with Crippen LogP contribution in [0.15, 0.2) is 46.7 Å². The fourth-order valence-corrected chi connectivity index (χ4v) is 5.25. The van der Waals surface area contributed by atoms with Crippen LogP contribution in [-0.4, -0.2) is 41.7 Å². The molecule has 1 unspecified atom stereocenters. The topological polar surface area (TPSA) is 78.6 Å². The molecule has 186 valence electrons. The highest BCUT2D eigenvalue weighted by atomic mass is 19.1. The minimum atomic E-state index is -0.610. The van der Waals surface area contributed by atoms with E-state index in [1.54, 1.807) is 12.3 Å². The molecule has 3 aliphatic rings. The van der Waals surface area contributed by atoms with Crippen molar-refractivity contribution in [2.24, 2.45) is 16.8 Å². The van der Waals surface area contributed by atoms with Crippen LogP contribution in [-0.2, 0) is 11.2 Å². The van der Waals surface area contributed by atoms with Crippen molar-refractivity contribution in [2.75, 3.05) is 20.2 Å². The Kier molecular flexibility index (Phi) is 6.82. The number of likely N-dealkylation sites (tertiary alicyclic amines) is 1.